The number of likely N-dealkylation sites (tertiary alicyclic amines) is 1. The van der Waals surface area contributed by atoms with Crippen molar-refractivity contribution in [3.05, 3.63) is 62.6 Å². The molecule has 1 aromatic carbocycles. The number of benzene rings is 1. The molecule has 0 bridgehead atoms. The largest absolute Gasteiger partial charge is 0.332 e. The van der Waals surface area contributed by atoms with Crippen molar-refractivity contribution < 1.29 is 0 Å². The second-order valence-corrected chi connectivity index (χ2v) is 9.29. The van der Waals surface area contributed by atoms with E-state index in [1.165, 1.54) is 21.1 Å². The van der Waals surface area contributed by atoms with Crippen LogP contribution in [0, 0.1) is 11.8 Å². The lowest BCUT2D eigenvalue weighted by Crippen LogP contribution is -2.39. The molecule has 31 heavy (non-hydrogen) atoms. The van der Waals surface area contributed by atoms with E-state index in [0.717, 1.165) is 31.8 Å². The summed E-state index contributed by atoms with van der Waals surface area (Å²) in [6.45, 7) is 8.07. The van der Waals surface area contributed by atoms with E-state index < -0.39 is 0 Å². The van der Waals surface area contributed by atoms with Gasteiger partial charge >= 0.3 is 5.69 Å². The number of hydrogen-bond donors (Lipinski definition) is 0. The number of fused-ring (bicyclic) bond motifs is 1. The molecule has 0 aliphatic carbocycles. The molecule has 0 radical (unpaired) electrons. The summed E-state index contributed by atoms with van der Waals surface area (Å²) in [4.78, 5) is 32.8. The molecule has 1 fully saturated rings. The summed E-state index contributed by atoms with van der Waals surface area (Å²) < 4.78 is 4.74. The van der Waals surface area contributed by atoms with Crippen LogP contribution in [0.4, 0.5) is 0 Å². The second kappa shape index (κ2) is 8.83. The fourth-order valence-corrected chi connectivity index (χ4v) is 5.06. The molecule has 0 amide bonds. The second-order valence-electron chi connectivity index (χ2n) is 9.29. The molecule has 2 aromatic heterocycles. The van der Waals surface area contributed by atoms with Gasteiger partial charge in [0.2, 0.25) is 0 Å². The molecular weight excluding hydrogens is 390 g/mol. The first-order valence-corrected chi connectivity index (χ1v) is 11.3. The van der Waals surface area contributed by atoms with Gasteiger partial charge in [0.1, 0.15) is 5.82 Å². The van der Waals surface area contributed by atoms with Gasteiger partial charge in [0.05, 0.1) is 6.54 Å². The van der Waals surface area contributed by atoms with Crippen molar-refractivity contribution in [2.75, 3.05) is 13.1 Å². The van der Waals surface area contributed by atoms with Crippen LogP contribution in [0.2, 0.25) is 0 Å². The molecule has 7 heteroatoms. The van der Waals surface area contributed by atoms with Gasteiger partial charge in [-0.15, -0.1) is 0 Å². The molecule has 7 nitrogen and oxygen atoms in total. The maximum atomic E-state index is 13.0. The van der Waals surface area contributed by atoms with Crippen molar-refractivity contribution in [3.8, 4) is 0 Å². The van der Waals surface area contributed by atoms with Gasteiger partial charge < -0.3 is 4.57 Å². The van der Waals surface area contributed by atoms with E-state index in [9.17, 15) is 9.59 Å². The predicted octanol–water partition coefficient (Wildman–Crippen LogP) is 2.54. The van der Waals surface area contributed by atoms with Gasteiger partial charge in [-0.25, -0.2) is 9.78 Å². The maximum Gasteiger partial charge on any atom is 0.332 e. The number of aryl methyl sites for hydroxylation is 3. The number of nitrogens with zero attached hydrogens (tertiary/aromatic N) is 5. The van der Waals surface area contributed by atoms with E-state index in [4.69, 9.17) is 4.98 Å². The van der Waals surface area contributed by atoms with Crippen molar-refractivity contribution in [2.45, 2.75) is 46.2 Å². The first kappa shape index (κ1) is 21.6. The first-order chi connectivity index (χ1) is 14.8. The summed E-state index contributed by atoms with van der Waals surface area (Å²) in [5.41, 5.74) is 1.70. The van der Waals surface area contributed by atoms with Crippen LogP contribution < -0.4 is 11.2 Å². The molecule has 1 aliphatic heterocycles. The maximum absolute atomic E-state index is 13.0. The van der Waals surface area contributed by atoms with E-state index in [1.807, 2.05) is 6.07 Å². The summed E-state index contributed by atoms with van der Waals surface area (Å²) in [5.74, 6) is 2.18. The number of imidazole rings is 1. The van der Waals surface area contributed by atoms with E-state index in [0.29, 0.717) is 36.1 Å². The highest BCUT2D eigenvalue weighted by molar-refractivity contribution is 5.71. The number of piperidine rings is 1. The molecule has 4 rings (SSSR count). The highest BCUT2D eigenvalue weighted by atomic mass is 16.2. The van der Waals surface area contributed by atoms with Crippen molar-refractivity contribution >= 4 is 11.2 Å². The minimum absolute atomic E-state index is 0.267. The summed E-state index contributed by atoms with van der Waals surface area (Å²) in [6.07, 6.45) is 3.09. The lowest BCUT2D eigenvalue weighted by molar-refractivity contribution is 0.130. The van der Waals surface area contributed by atoms with Crippen LogP contribution in [-0.4, -0.2) is 36.7 Å². The quantitative estimate of drug-likeness (QED) is 0.611. The number of rotatable bonds is 6. The van der Waals surface area contributed by atoms with Gasteiger partial charge in [-0.3, -0.25) is 18.8 Å². The average Bonchev–Trinajstić information content (AvgIpc) is 3.09. The standard InChI is InChI=1S/C24H33N5O2/c1-17-13-18(2)15-28(14-17)16-20-25-22-21(23(30)27(4)24(31)26(22)3)29(20)12-8-11-19-9-6-5-7-10-19/h5-7,9-10,17-18H,8,11-16H2,1-4H3/t17-,18+. The third-order valence-corrected chi connectivity index (χ3v) is 6.43. The molecule has 1 saturated heterocycles. The minimum Gasteiger partial charge on any atom is -0.321 e. The average molecular weight is 424 g/mol. The molecule has 0 saturated carbocycles. The van der Waals surface area contributed by atoms with Crippen molar-refractivity contribution in [2.24, 2.45) is 25.9 Å². The van der Waals surface area contributed by atoms with Gasteiger partial charge in [-0.1, -0.05) is 44.2 Å². The number of aromatic nitrogens is 4. The van der Waals surface area contributed by atoms with E-state index in [-0.39, 0.29) is 11.2 Å². The van der Waals surface area contributed by atoms with E-state index >= 15 is 0 Å². The zero-order chi connectivity index (χ0) is 22.1. The fraction of sp³-hybridized carbons (Fsp3) is 0.542. The summed E-state index contributed by atoms with van der Waals surface area (Å²) in [5, 5.41) is 0. The smallest absolute Gasteiger partial charge is 0.321 e. The Hall–Kier alpha value is -2.67. The normalized spacial score (nSPS) is 19.9. The molecule has 1 aliphatic rings. The Labute approximate surface area is 182 Å². The van der Waals surface area contributed by atoms with Gasteiger partial charge in [0.15, 0.2) is 11.2 Å². The molecule has 0 spiro atoms. The zero-order valence-corrected chi connectivity index (χ0v) is 19.0. The summed E-state index contributed by atoms with van der Waals surface area (Å²) in [7, 11) is 3.24. The highest BCUT2D eigenvalue weighted by Gasteiger charge is 2.25. The Balaban J connectivity index is 1.70. The number of hydrogen-bond acceptors (Lipinski definition) is 4. The Morgan fingerprint density at radius 2 is 1.68 bits per heavy atom. The zero-order valence-electron chi connectivity index (χ0n) is 19.0. The van der Waals surface area contributed by atoms with Crippen LogP contribution in [0.5, 0.6) is 0 Å². The monoisotopic (exact) mass is 423 g/mol. The summed E-state index contributed by atoms with van der Waals surface area (Å²) >= 11 is 0. The Morgan fingerprint density at radius 3 is 2.35 bits per heavy atom. The minimum atomic E-state index is -0.335. The summed E-state index contributed by atoms with van der Waals surface area (Å²) in [6, 6.07) is 10.4. The first-order valence-electron chi connectivity index (χ1n) is 11.3. The Bertz CT molecular complexity index is 1160. The highest BCUT2D eigenvalue weighted by Crippen LogP contribution is 2.23. The van der Waals surface area contributed by atoms with Gasteiger partial charge in [0.25, 0.3) is 5.56 Å². The molecule has 3 heterocycles. The molecule has 166 valence electrons. The van der Waals surface area contributed by atoms with E-state index in [2.05, 4.69) is 47.6 Å². The fourth-order valence-electron chi connectivity index (χ4n) is 5.06. The van der Waals surface area contributed by atoms with Crippen molar-refractivity contribution in [1.29, 1.82) is 0 Å². The molecule has 2 atom stereocenters. The van der Waals surface area contributed by atoms with Crippen molar-refractivity contribution in [3.63, 3.8) is 0 Å². The lowest BCUT2D eigenvalue weighted by Gasteiger charge is -2.34. The van der Waals surface area contributed by atoms with Crippen LogP contribution >= 0.6 is 0 Å². The van der Waals surface area contributed by atoms with Crippen LogP contribution in [0.1, 0.15) is 38.1 Å². The van der Waals surface area contributed by atoms with E-state index in [1.54, 1.807) is 14.1 Å². The Morgan fingerprint density at radius 1 is 1.00 bits per heavy atom. The molecule has 3 aromatic rings. The van der Waals surface area contributed by atoms with Crippen LogP contribution in [0.15, 0.2) is 39.9 Å². The van der Waals surface area contributed by atoms with Gasteiger partial charge in [0, 0.05) is 33.7 Å². The van der Waals surface area contributed by atoms with Gasteiger partial charge in [-0.2, -0.15) is 0 Å². The predicted molar refractivity (Wildman–Crippen MR) is 123 cm³/mol. The lowest BCUT2D eigenvalue weighted by atomic mass is 9.92. The third kappa shape index (κ3) is 4.37. The van der Waals surface area contributed by atoms with Crippen molar-refractivity contribution in [1.82, 2.24) is 23.6 Å². The SMILES string of the molecule is C[C@@H]1C[C@H](C)CN(Cc2nc3c(c(=O)n(C)c(=O)n3C)n2CCCc2ccccc2)C1. The topological polar surface area (TPSA) is 65.1 Å². The molecule has 0 unspecified atom stereocenters. The van der Waals surface area contributed by atoms with Crippen LogP contribution in [0.25, 0.3) is 11.2 Å². The Kier molecular flexibility index (Phi) is 6.14. The van der Waals surface area contributed by atoms with Gasteiger partial charge in [-0.05, 0) is 36.7 Å². The van der Waals surface area contributed by atoms with Crippen LogP contribution in [-0.2, 0) is 33.6 Å². The third-order valence-electron chi connectivity index (χ3n) is 6.43. The molecule has 0 N–H and O–H groups in total. The molecular formula is C24H33N5O2. The van der Waals surface area contributed by atoms with Crippen LogP contribution in [0.3, 0.4) is 0 Å².